The summed E-state index contributed by atoms with van der Waals surface area (Å²) in [4.78, 5) is 0.302. The van der Waals surface area contributed by atoms with Crippen molar-refractivity contribution < 1.29 is 8.42 Å². The summed E-state index contributed by atoms with van der Waals surface area (Å²) in [5, 5.41) is 3.04. The zero-order chi connectivity index (χ0) is 14.1. The third-order valence-corrected chi connectivity index (χ3v) is 5.84. The fraction of sp³-hybridized carbons (Fsp3) is 0.538. The van der Waals surface area contributed by atoms with E-state index in [0.717, 1.165) is 18.4 Å². The van der Waals surface area contributed by atoms with Crippen molar-refractivity contribution in [1.82, 2.24) is 10.0 Å². The van der Waals surface area contributed by atoms with Gasteiger partial charge in [-0.25, -0.2) is 13.1 Å². The van der Waals surface area contributed by atoms with Gasteiger partial charge in [-0.2, -0.15) is 0 Å². The van der Waals surface area contributed by atoms with E-state index in [2.05, 4.69) is 32.9 Å². The van der Waals surface area contributed by atoms with E-state index >= 15 is 0 Å². The van der Waals surface area contributed by atoms with E-state index in [4.69, 9.17) is 0 Å². The van der Waals surface area contributed by atoms with Gasteiger partial charge in [0, 0.05) is 17.6 Å². The maximum atomic E-state index is 12.2. The van der Waals surface area contributed by atoms with Gasteiger partial charge in [0.15, 0.2) is 0 Å². The van der Waals surface area contributed by atoms with Crippen molar-refractivity contribution in [3.63, 3.8) is 0 Å². The van der Waals surface area contributed by atoms with Gasteiger partial charge in [-0.05, 0) is 58.9 Å². The molecule has 106 valence electrons. The lowest BCUT2D eigenvalue weighted by Gasteiger charge is -2.12. The molecule has 1 fully saturated rings. The topological polar surface area (TPSA) is 58.2 Å². The van der Waals surface area contributed by atoms with Crippen LogP contribution in [0, 0.1) is 5.41 Å². The monoisotopic (exact) mass is 346 g/mol. The zero-order valence-corrected chi connectivity index (χ0v) is 13.6. The first-order valence-electron chi connectivity index (χ1n) is 6.29. The third-order valence-electron chi connectivity index (χ3n) is 3.46. The molecule has 0 saturated heterocycles. The third kappa shape index (κ3) is 3.78. The molecule has 0 unspecified atom stereocenters. The highest BCUT2D eigenvalue weighted by atomic mass is 79.9. The maximum Gasteiger partial charge on any atom is 0.241 e. The summed E-state index contributed by atoms with van der Waals surface area (Å²) in [5.41, 5.74) is 1.20. The van der Waals surface area contributed by atoms with Crippen molar-refractivity contribution in [3.05, 3.63) is 28.2 Å². The molecule has 0 amide bonds. The van der Waals surface area contributed by atoms with Gasteiger partial charge in [0.05, 0.1) is 4.90 Å². The van der Waals surface area contributed by atoms with Gasteiger partial charge >= 0.3 is 0 Å². The normalized spacial score (nSPS) is 17.4. The van der Waals surface area contributed by atoms with Crippen LogP contribution in [0.1, 0.15) is 25.3 Å². The first-order chi connectivity index (χ1) is 8.86. The predicted molar refractivity (Wildman–Crippen MR) is 79.4 cm³/mol. The molecule has 0 aliphatic heterocycles. The molecule has 4 nitrogen and oxygen atoms in total. The minimum atomic E-state index is -3.43. The lowest BCUT2D eigenvalue weighted by molar-refractivity contribution is 0.530. The van der Waals surface area contributed by atoms with E-state index in [9.17, 15) is 8.42 Å². The molecule has 1 aliphatic carbocycles. The summed E-state index contributed by atoms with van der Waals surface area (Å²) in [6, 6.07) is 5.31. The van der Waals surface area contributed by atoms with Crippen LogP contribution in [0.3, 0.4) is 0 Å². The van der Waals surface area contributed by atoms with Crippen LogP contribution >= 0.6 is 15.9 Å². The van der Waals surface area contributed by atoms with Gasteiger partial charge in [0.2, 0.25) is 10.0 Å². The fourth-order valence-corrected chi connectivity index (χ4v) is 4.14. The van der Waals surface area contributed by atoms with E-state index in [1.54, 1.807) is 6.07 Å². The first kappa shape index (κ1) is 15.0. The molecule has 0 bridgehead atoms. The number of rotatable bonds is 6. The molecule has 0 heterocycles. The molecule has 6 heteroatoms. The highest BCUT2D eigenvalue weighted by molar-refractivity contribution is 9.10. The summed E-state index contributed by atoms with van der Waals surface area (Å²) in [6.07, 6.45) is 2.19. The number of nitrogens with one attached hydrogen (secondary N) is 2. The van der Waals surface area contributed by atoms with Crippen molar-refractivity contribution in [2.24, 2.45) is 5.41 Å². The second-order valence-corrected chi connectivity index (χ2v) is 8.02. The standard InChI is InChI=1S/C13H19BrN2O2S/c1-13(5-6-13)9-16-19(17,18)12-4-3-10(8-15-2)7-11(12)14/h3-4,7,15-16H,5-6,8-9H2,1-2H3. The van der Waals surface area contributed by atoms with Gasteiger partial charge in [-0.3, -0.25) is 0 Å². The molecule has 0 spiro atoms. The average Bonchev–Trinajstić information content (AvgIpc) is 3.06. The predicted octanol–water partition coefficient (Wildman–Crippen LogP) is 2.25. The lowest BCUT2D eigenvalue weighted by atomic mass is 10.2. The van der Waals surface area contributed by atoms with E-state index in [-0.39, 0.29) is 5.41 Å². The van der Waals surface area contributed by atoms with Crippen LogP contribution in [0.2, 0.25) is 0 Å². The van der Waals surface area contributed by atoms with Gasteiger partial charge in [0.25, 0.3) is 0 Å². The van der Waals surface area contributed by atoms with Crippen LogP contribution in [0.15, 0.2) is 27.6 Å². The Morgan fingerprint density at radius 1 is 1.37 bits per heavy atom. The average molecular weight is 347 g/mol. The van der Waals surface area contributed by atoms with Crippen molar-refractivity contribution in [2.45, 2.75) is 31.2 Å². The maximum absolute atomic E-state index is 12.2. The van der Waals surface area contributed by atoms with Crippen LogP contribution in [0.4, 0.5) is 0 Å². The molecule has 0 radical (unpaired) electrons. The molecule has 1 aromatic rings. The van der Waals surface area contributed by atoms with Gasteiger partial charge in [0.1, 0.15) is 0 Å². The summed E-state index contributed by atoms with van der Waals surface area (Å²) in [7, 11) is -1.58. The molecule has 1 saturated carbocycles. The number of sulfonamides is 1. The number of halogens is 1. The summed E-state index contributed by atoms with van der Waals surface area (Å²) in [6.45, 7) is 3.32. The Bertz CT molecular complexity index is 568. The van der Waals surface area contributed by atoms with Crippen LogP contribution in [0.25, 0.3) is 0 Å². The number of benzene rings is 1. The SMILES string of the molecule is CNCc1ccc(S(=O)(=O)NCC2(C)CC2)c(Br)c1. The molecule has 0 aromatic heterocycles. The van der Waals surface area contributed by atoms with E-state index in [1.807, 2.05) is 19.2 Å². The van der Waals surface area contributed by atoms with Gasteiger partial charge in [-0.1, -0.05) is 13.0 Å². The fourth-order valence-electron chi connectivity index (χ4n) is 1.81. The van der Waals surface area contributed by atoms with Crippen LogP contribution in [-0.2, 0) is 16.6 Å². The van der Waals surface area contributed by atoms with Crippen LogP contribution in [0.5, 0.6) is 0 Å². The Labute approximate surface area is 123 Å². The lowest BCUT2D eigenvalue weighted by Crippen LogP contribution is -2.29. The zero-order valence-electron chi connectivity index (χ0n) is 11.2. The Morgan fingerprint density at radius 3 is 2.58 bits per heavy atom. The van der Waals surface area contributed by atoms with Gasteiger partial charge in [-0.15, -0.1) is 0 Å². The van der Waals surface area contributed by atoms with E-state index in [1.165, 1.54) is 0 Å². The number of hydrogen-bond donors (Lipinski definition) is 2. The van der Waals surface area contributed by atoms with E-state index in [0.29, 0.717) is 22.5 Å². The quantitative estimate of drug-likeness (QED) is 0.830. The smallest absolute Gasteiger partial charge is 0.241 e. The minimum absolute atomic E-state index is 0.158. The Balaban J connectivity index is 2.15. The largest absolute Gasteiger partial charge is 0.316 e. The summed E-state index contributed by atoms with van der Waals surface area (Å²) >= 11 is 3.34. The molecule has 2 N–H and O–H groups in total. The molecular weight excluding hydrogens is 328 g/mol. The summed E-state index contributed by atoms with van der Waals surface area (Å²) in [5.74, 6) is 0. The second-order valence-electron chi connectivity index (χ2n) is 5.43. The first-order valence-corrected chi connectivity index (χ1v) is 8.57. The highest BCUT2D eigenvalue weighted by Crippen LogP contribution is 2.44. The Morgan fingerprint density at radius 2 is 2.05 bits per heavy atom. The molecule has 19 heavy (non-hydrogen) atoms. The number of hydrogen-bond acceptors (Lipinski definition) is 3. The highest BCUT2D eigenvalue weighted by Gasteiger charge is 2.38. The Kier molecular flexibility index (Phi) is 4.35. The van der Waals surface area contributed by atoms with Crippen molar-refractivity contribution in [2.75, 3.05) is 13.6 Å². The Hall–Kier alpha value is -0.430. The minimum Gasteiger partial charge on any atom is -0.316 e. The van der Waals surface area contributed by atoms with Crippen molar-refractivity contribution in [3.8, 4) is 0 Å². The summed E-state index contributed by atoms with van der Waals surface area (Å²) < 4.78 is 27.8. The second kappa shape index (κ2) is 5.52. The molecule has 0 atom stereocenters. The van der Waals surface area contributed by atoms with Crippen LogP contribution < -0.4 is 10.0 Å². The molecule has 1 aromatic carbocycles. The van der Waals surface area contributed by atoms with Crippen LogP contribution in [-0.4, -0.2) is 22.0 Å². The van der Waals surface area contributed by atoms with E-state index < -0.39 is 10.0 Å². The van der Waals surface area contributed by atoms with Crippen molar-refractivity contribution in [1.29, 1.82) is 0 Å². The van der Waals surface area contributed by atoms with Crippen molar-refractivity contribution >= 4 is 26.0 Å². The molecule has 2 rings (SSSR count). The molecular formula is C13H19BrN2O2S. The molecule has 1 aliphatic rings. The van der Waals surface area contributed by atoms with Gasteiger partial charge < -0.3 is 5.32 Å².